The van der Waals surface area contributed by atoms with Crippen molar-refractivity contribution in [1.29, 1.82) is 0 Å². The Labute approximate surface area is 165 Å². The maximum Gasteiger partial charge on any atom is 0.417 e. The van der Waals surface area contributed by atoms with Crippen molar-refractivity contribution in [3.63, 3.8) is 0 Å². The number of benzene rings is 2. The number of halogens is 4. The normalized spacial score (nSPS) is 12.6. The van der Waals surface area contributed by atoms with Crippen molar-refractivity contribution in [2.24, 2.45) is 0 Å². The van der Waals surface area contributed by atoms with E-state index in [9.17, 15) is 22.8 Å². The lowest BCUT2D eigenvalue weighted by Gasteiger charge is -2.12. The molecule has 0 aliphatic rings. The first-order valence-electron chi connectivity index (χ1n) is 8.24. The summed E-state index contributed by atoms with van der Waals surface area (Å²) < 4.78 is 43.5. The molecule has 1 atom stereocenters. The predicted octanol–water partition coefficient (Wildman–Crippen LogP) is 4.62. The van der Waals surface area contributed by atoms with Crippen LogP contribution in [0.5, 0.6) is 0 Å². The largest absolute Gasteiger partial charge is 0.449 e. The minimum Gasteiger partial charge on any atom is -0.449 e. The Kier molecular flexibility index (Phi) is 7.23. The summed E-state index contributed by atoms with van der Waals surface area (Å²) in [6.07, 6.45) is -3.56. The van der Waals surface area contributed by atoms with Crippen LogP contribution < -0.4 is 5.32 Å². The Balaban J connectivity index is 1.91. The van der Waals surface area contributed by atoms with E-state index in [1.807, 2.05) is 30.3 Å². The number of hydrogen-bond acceptors (Lipinski definition) is 3. The third-order valence-electron chi connectivity index (χ3n) is 3.68. The molecule has 0 spiro atoms. The van der Waals surface area contributed by atoms with Gasteiger partial charge in [0.2, 0.25) is 0 Å². The van der Waals surface area contributed by atoms with Crippen LogP contribution in [-0.2, 0) is 27.0 Å². The van der Waals surface area contributed by atoms with Crippen LogP contribution >= 0.6 is 11.6 Å². The maximum atomic E-state index is 12.8. The lowest BCUT2D eigenvalue weighted by molar-refractivity contribution is -0.150. The van der Waals surface area contributed by atoms with Gasteiger partial charge in [-0.3, -0.25) is 4.79 Å². The fourth-order valence-corrected chi connectivity index (χ4v) is 2.45. The first-order chi connectivity index (χ1) is 13.2. The fourth-order valence-electron chi connectivity index (χ4n) is 2.22. The maximum absolute atomic E-state index is 12.8. The Bertz CT molecular complexity index is 867. The number of nitrogens with one attached hydrogen (secondary N) is 1. The van der Waals surface area contributed by atoms with Crippen molar-refractivity contribution in [2.75, 3.05) is 0 Å². The smallest absolute Gasteiger partial charge is 0.417 e. The van der Waals surface area contributed by atoms with E-state index < -0.39 is 34.7 Å². The van der Waals surface area contributed by atoms with Crippen LogP contribution in [0.3, 0.4) is 0 Å². The second-order valence-electron chi connectivity index (χ2n) is 5.85. The molecule has 0 saturated heterocycles. The van der Waals surface area contributed by atoms with E-state index in [0.29, 0.717) is 0 Å². The van der Waals surface area contributed by atoms with Gasteiger partial charge in [-0.05, 0) is 36.3 Å². The third kappa shape index (κ3) is 6.42. The summed E-state index contributed by atoms with van der Waals surface area (Å²) in [5.41, 5.74) is 0.00526. The lowest BCUT2D eigenvalue weighted by Crippen LogP contribution is -2.35. The van der Waals surface area contributed by atoms with Crippen molar-refractivity contribution < 1.29 is 27.5 Å². The highest BCUT2D eigenvalue weighted by Gasteiger charge is 2.33. The van der Waals surface area contributed by atoms with Gasteiger partial charge in [-0.1, -0.05) is 48.0 Å². The van der Waals surface area contributed by atoms with Gasteiger partial charge in [-0.25, -0.2) is 4.79 Å². The lowest BCUT2D eigenvalue weighted by atomic mass is 10.1. The first kappa shape index (κ1) is 21.5. The van der Waals surface area contributed by atoms with E-state index in [4.69, 9.17) is 16.3 Å². The molecule has 0 heterocycles. The molecule has 0 radical (unpaired) electrons. The zero-order valence-corrected chi connectivity index (χ0v) is 15.6. The van der Waals surface area contributed by atoms with Crippen molar-refractivity contribution in [1.82, 2.24) is 5.32 Å². The minimum absolute atomic E-state index is 0.120. The summed E-state index contributed by atoms with van der Waals surface area (Å²) in [4.78, 5) is 23.8. The van der Waals surface area contributed by atoms with Gasteiger partial charge in [0.05, 0.1) is 10.6 Å². The number of carbonyl (C=O) groups excluding carboxylic acids is 2. The molecule has 0 saturated carbocycles. The van der Waals surface area contributed by atoms with Crippen molar-refractivity contribution in [3.8, 4) is 0 Å². The number of amides is 1. The summed E-state index contributed by atoms with van der Waals surface area (Å²) in [6, 6.07) is 12.4. The number of alkyl halides is 3. The third-order valence-corrected chi connectivity index (χ3v) is 4.01. The Morgan fingerprint density at radius 2 is 1.86 bits per heavy atom. The highest BCUT2D eigenvalue weighted by molar-refractivity contribution is 6.31. The SMILES string of the molecule is C[C@@H](OC(=O)/C=C/c1ccc(Cl)c(C(F)(F)F)c1)C(=O)NCc1ccccc1. The molecule has 4 nitrogen and oxygen atoms in total. The second-order valence-corrected chi connectivity index (χ2v) is 6.26. The number of esters is 1. The highest BCUT2D eigenvalue weighted by atomic mass is 35.5. The van der Waals surface area contributed by atoms with E-state index in [2.05, 4.69) is 5.32 Å². The standard InChI is InChI=1S/C20H17ClF3NO3/c1-13(19(27)25-12-15-5-3-2-4-6-15)28-18(26)10-8-14-7-9-17(21)16(11-14)20(22,23)24/h2-11,13H,12H2,1H3,(H,25,27)/b10-8+/t13-/m1/s1. The van der Waals surface area contributed by atoms with Crippen LogP contribution in [0.4, 0.5) is 13.2 Å². The minimum atomic E-state index is -4.60. The average molecular weight is 412 g/mol. The molecule has 8 heteroatoms. The molecule has 0 unspecified atom stereocenters. The van der Waals surface area contributed by atoms with Gasteiger partial charge >= 0.3 is 12.1 Å². The topological polar surface area (TPSA) is 55.4 Å². The van der Waals surface area contributed by atoms with Crippen molar-refractivity contribution >= 4 is 29.6 Å². The Morgan fingerprint density at radius 1 is 1.18 bits per heavy atom. The quantitative estimate of drug-likeness (QED) is 0.557. The van der Waals surface area contributed by atoms with Gasteiger partial charge in [0.15, 0.2) is 6.10 Å². The molecule has 0 fully saturated rings. The molecule has 148 valence electrons. The predicted molar refractivity (Wildman–Crippen MR) is 99.3 cm³/mol. The molecule has 28 heavy (non-hydrogen) atoms. The second kappa shape index (κ2) is 9.41. The van der Waals surface area contributed by atoms with E-state index in [-0.39, 0.29) is 12.1 Å². The Hall–Kier alpha value is -2.80. The number of ether oxygens (including phenoxy) is 1. The fraction of sp³-hybridized carbons (Fsp3) is 0.200. The monoisotopic (exact) mass is 411 g/mol. The number of rotatable bonds is 6. The first-order valence-corrected chi connectivity index (χ1v) is 8.61. The van der Waals surface area contributed by atoms with Crippen LogP contribution in [0, 0.1) is 0 Å². The van der Waals surface area contributed by atoms with Crippen LogP contribution in [0.25, 0.3) is 6.08 Å². The van der Waals surface area contributed by atoms with Crippen LogP contribution in [0.1, 0.15) is 23.6 Å². The molecular formula is C20H17ClF3NO3. The summed E-state index contributed by atoms with van der Waals surface area (Å²) in [5, 5.41) is 2.19. The molecule has 1 amide bonds. The molecule has 0 aromatic heterocycles. The van der Waals surface area contributed by atoms with E-state index in [0.717, 1.165) is 29.8 Å². The van der Waals surface area contributed by atoms with E-state index in [1.165, 1.54) is 13.0 Å². The average Bonchev–Trinajstić information content (AvgIpc) is 2.65. The molecular weight excluding hydrogens is 395 g/mol. The molecule has 2 aromatic rings. The van der Waals surface area contributed by atoms with Crippen LogP contribution in [-0.4, -0.2) is 18.0 Å². The zero-order chi connectivity index (χ0) is 20.7. The Morgan fingerprint density at radius 3 is 2.50 bits per heavy atom. The van der Waals surface area contributed by atoms with Gasteiger partial charge in [-0.2, -0.15) is 13.2 Å². The van der Waals surface area contributed by atoms with Gasteiger partial charge in [-0.15, -0.1) is 0 Å². The molecule has 2 aromatic carbocycles. The molecule has 1 N–H and O–H groups in total. The van der Waals surface area contributed by atoms with Crippen molar-refractivity contribution in [2.45, 2.75) is 25.7 Å². The van der Waals surface area contributed by atoms with Crippen molar-refractivity contribution in [3.05, 3.63) is 76.3 Å². The molecule has 0 aliphatic heterocycles. The summed E-state index contributed by atoms with van der Waals surface area (Å²) in [5.74, 6) is -1.35. The summed E-state index contributed by atoms with van der Waals surface area (Å²) in [7, 11) is 0. The van der Waals surface area contributed by atoms with Gasteiger partial charge in [0.1, 0.15) is 0 Å². The van der Waals surface area contributed by atoms with E-state index >= 15 is 0 Å². The van der Waals surface area contributed by atoms with Crippen LogP contribution in [0.15, 0.2) is 54.6 Å². The van der Waals surface area contributed by atoms with E-state index in [1.54, 1.807) is 0 Å². The summed E-state index contributed by atoms with van der Waals surface area (Å²) >= 11 is 5.54. The molecule has 0 aliphatic carbocycles. The van der Waals surface area contributed by atoms with Gasteiger partial charge < -0.3 is 10.1 Å². The van der Waals surface area contributed by atoms with Crippen LogP contribution in [0.2, 0.25) is 5.02 Å². The zero-order valence-electron chi connectivity index (χ0n) is 14.8. The molecule has 0 bridgehead atoms. The number of carbonyl (C=O) groups is 2. The highest BCUT2D eigenvalue weighted by Crippen LogP contribution is 2.35. The molecule has 2 rings (SSSR count). The van der Waals surface area contributed by atoms with Gasteiger partial charge in [0.25, 0.3) is 5.91 Å². The van der Waals surface area contributed by atoms with Gasteiger partial charge in [0, 0.05) is 12.6 Å². The summed E-state index contributed by atoms with van der Waals surface area (Å²) in [6.45, 7) is 1.68. The number of hydrogen-bond donors (Lipinski definition) is 1.